The van der Waals surface area contributed by atoms with Gasteiger partial charge in [0.1, 0.15) is 0 Å². The first-order valence-corrected chi connectivity index (χ1v) is 8.20. The van der Waals surface area contributed by atoms with Crippen LogP contribution in [0.1, 0.15) is 56.1 Å². The van der Waals surface area contributed by atoms with Gasteiger partial charge < -0.3 is 10.1 Å². The molecular formula is C18H27NO. The van der Waals surface area contributed by atoms with Crippen LogP contribution >= 0.6 is 0 Å². The Labute approximate surface area is 122 Å². The number of rotatable bonds is 4. The first-order chi connectivity index (χ1) is 9.76. The summed E-state index contributed by atoms with van der Waals surface area (Å²) >= 11 is 0. The van der Waals surface area contributed by atoms with Crippen LogP contribution in [-0.4, -0.2) is 18.2 Å². The second-order valence-electron chi connectivity index (χ2n) is 6.64. The Morgan fingerprint density at radius 2 is 1.85 bits per heavy atom. The van der Waals surface area contributed by atoms with Gasteiger partial charge in [-0.05, 0) is 38.2 Å². The molecule has 2 heteroatoms. The molecule has 20 heavy (non-hydrogen) atoms. The fourth-order valence-corrected chi connectivity index (χ4v) is 3.69. The molecule has 1 N–H and O–H groups in total. The average Bonchev–Trinajstić information content (AvgIpc) is 2.85. The molecule has 1 heterocycles. The van der Waals surface area contributed by atoms with Crippen LogP contribution in [0.5, 0.6) is 0 Å². The molecule has 1 saturated carbocycles. The molecule has 2 aliphatic rings. The van der Waals surface area contributed by atoms with Crippen molar-refractivity contribution in [2.24, 2.45) is 0 Å². The molecule has 1 aromatic rings. The summed E-state index contributed by atoms with van der Waals surface area (Å²) in [6.45, 7) is 4.08. The van der Waals surface area contributed by atoms with E-state index in [0.717, 1.165) is 13.1 Å². The Bertz CT molecular complexity index is 420. The molecule has 1 spiro atoms. The van der Waals surface area contributed by atoms with Gasteiger partial charge in [-0.2, -0.15) is 0 Å². The fraction of sp³-hybridized carbons (Fsp3) is 0.667. The fourth-order valence-electron chi connectivity index (χ4n) is 3.69. The van der Waals surface area contributed by atoms with E-state index in [2.05, 4.69) is 36.5 Å². The maximum atomic E-state index is 6.38. The first kappa shape index (κ1) is 14.1. The van der Waals surface area contributed by atoms with Crippen LogP contribution in [0.25, 0.3) is 0 Å². The van der Waals surface area contributed by atoms with Crippen LogP contribution in [0.15, 0.2) is 24.3 Å². The lowest BCUT2D eigenvalue weighted by molar-refractivity contribution is -0.0624. The molecule has 0 radical (unpaired) electrons. The highest BCUT2D eigenvalue weighted by Crippen LogP contribution is 2.41. The normalized spacial score (nSPS) is 25.1. The highest BCUT2D eigenvalue weighted by atomic mass is 16.5. The van der Waals surface area contributed by atoms with E-state index in [1.807, 2.05) is 0 Å². The Morgan fingerprint density at radius 3 is 2.60 bits per heavy atom. The largest absolute Gasteiger partial charge is 0.370 e. The van der Waals surface area contributed by atoms with E-state index in [-0.39, 0.29) is 5.60 Å². The number of aryl methyl sites for hydroxylation is 1. The number of nitrogens with one attached hydrogen (secondary N) is 1. The number of ether oxygens (including phenoxy) is 1. The van der Waals surface area contributed by atoms with Crippen molar-refractivity contribution in [3.63, 3.8) is 0 Å². The topological polar surface area (TPSA) is 21.3 Å². The lowest BCUT2D eigenvalue weighted by atomic mass is 9.83. The molecule has 1 saturated heterocycles. The Balaban J connectivity index is 1.42. The predicted molar refractivity (Wildman–Crippen MR) is 82.8 cm³/mol. The molecule has 1 aliphatic carbocycles. The van der Waals surface area contributed by atoms with Crippen molar-refractivity contribution in [2.45, 2.75) is 70.1 Å². The first-order valence-electron chi connectivity index (χ1n) is 8.20. The molecule has 1 aliphatic heterocycles. The second kappa shape index (κ2) is 6.28. The van der Waals surface area contributed by atoms with Gasteiger partial charge in [-0.1, -0.05) is 49.1 Å². The van der Waals surface area contributed by atoms with Gasteiger partial charge >= 0.3 is 0 Å². The molecule has 1 unspecified atom stereocenters. The minimum atomic E-state index is 0.258. The van der Waals surface area contributed by atoms with Gasteiger partial charge in [0.15, 0.2) is 0 Å². The van der Waals surface area contributed by atoms with E-state index >= 15 is 0 Å². The molecule has 2 nitrogen and oxygen atoms in total. The van der Waals surface area contributed by atoms with E-state index in [4.69, 9.17) is 4.74 Å². The van der Waals surface area contributed by atoms with Gasteiger partial charge in [-0.15, -0.1) is 0 Å². The van der Waals surface area contributed by atoms with Crippen molar-refractivity contribution in [1.29, 1.82) is 0 Å². The summed E-state index contributed by atoms with van der Waals surface area (Å²) < 4.78 is 6.38. The van der Waals surface area contributed by atoms with Gasteiger partial charge in [0.05, 0.1) is 11.7 Å². The predicted octanol–water partition coefficient (Wildman–Crippen LogP) is 3.97. The molecule has 0 bridgehead atoms. The van der Waals surface area contributed by atoms with Crippen LogP contribution < -0.4 is 5.32 Å². The van der Waals surface area contributed by atoms with Gasteiger partial charge in [0, 0.05) is 13.1 Å². The highest BCUT2D eigenvalue weighted by molar-refractivity contribution is 5.21. The van der Waals surface area contributed by atoms with Crippen molar-refractivity contribution in [1.82, 2.24) is 5.32 Å². The van der Waals surface area contributed by atoms with Crippen LogP contribution in [0.3, 0.4) is 0 Å². The lowest BCUT2D eigenvalue weighted by Gasteiger charge is -2.33. The lowest BCUT2D eigenvalue weighted by Crippen LogP contribution is -2.34. The van der Waals surface area contributed by atoms with Crippen LogP contribution in [0, 0.1) is 6.92 Å². The van der Waals surface area contributed by atoms with E-state index in [1.54, 1.807) is 0 Å². The maximum absolute atomic E-state index is 6.38. The van der Waals surface area contributed by atoms with Crippen LogP contribution in [-0.2, 0) is 11.3 Å². The Morgan fingerprint density at radius 1 is 1.10 bits per heavy atom. The smallest absolute Gasteiger partial charge is 0.0708 e. The SMILES string of the molecule is Cc1ccc(CNCC2CCC3(CCCCC3)O2)cc1. The highest BCUT2D eigenvalue weighted by Gasteiger charge is 2.40. The van der Waals surface area contributed by atoms with Gasteiger partial charge in [0.25, 0.3) is 0 Å². The van der Waals surface area contributed by atoms with Crippen molar-refractivity contribution < 1.29 is 4.74 Å². The van der Waals surface area contributed by atoms with E-state index in [1.165, 1.54) is 56.1 Å². The van der Waals surface area contributed by atoms with E-state index < -0.39 is 0 Å². The van der Waals surface area contributed by atoms with Crippen molar-refractivity contribution in [3.05, 3.63) is 35.4 Å². The molecule has 1 aromatic carbocycles. The third-order valence-corrected chi connectivity index (χ3v) is 4.93. The molecule has 0 aromatic heterocycles. The average molecular weight is 273 g/mol. The van der Waals surface area contributed by atoms with Gasteiger partial charge in [-0.25, -0.2) is 0 Å². The molecule has 1 atom stereocenters. The number of benzene rings is 1. The van der Waals surface area contributed by atoms with Crippen LogP contribution in [0.2, 0.25) is 0 Å². The van der Waals surface area contributed by atoms with Gasteiger partial charge in [0.2, 0.25) is 0 Å². The van der Waals surface area contributed by atoms with E-state index in [9.17, 15) is 0 Å². The summed E-state index contributed by atoms with van der Waals surface area (Å²) in [6.07, 6.45) is 9.67. The minimum absolute atomic E-state index is 0.258. The second-order valence-corrected chi connectivity index (χ2v) is 6.64. The third kappa shape index (κ3) is 3.42. The monoisotopic (exact) mass is 273 g/mol. The number of hydrogen-bond acceptors (Lipinski definition) is 2. The Kier molecular flexibility index (Phi) is 4.42. The third-order valence-electron chi connectivity index (χ3n) is 4.93. The van der Waals surface area contributed by atoms with Crippen molar-refractivity contribution in [2.75, 3.05) is 6.54 Å². The molecule has 3 rings (SSSR count). The van der Waals surface area contributed by atoms with Crippen molar-refractivity contribution >= 4 is 0 Å². The summed E-state index contributed by atoms with van der Waals surface area (Å²) in [5.41, 5.74) is 2.95. The summed E-state index contributed by atoms with van der Waals surface area (Å²) in [5, 5.41) is 3.56. The quantitative estimate of drug-likeness (QED) is 0.896. The maximum Gasteiger partial charge on any atom is 0.0708 e. The summed E-state index contributed by atoms with van der Waals surface area (Å²) in [6, 6.07) is 8.78. The van der Waals surface area contributed by atoms with Gasteiger partial charge in [-0.3, -0.25) is 0 Å². The molecule has 110 valence electrons. The van der Waals surface area contributed by atoms with Crippen LogP contribution in [0.4, 0.5) is 0 Å². The summed E-state index contributed by atoms with van der Waals surface area (Å²) in [5.74, 6) is 0. The summed E-state index contributed by atoms with van der Waals surface area (Å²) in [7, 11) is 0. The zero-order valence-corrected chi connectivity index (χ0v) is 12.7. The zero-order valence-electron chi connectivity index (χ0n) is 12.7. The molecule has 2 fully saturated rings. The Hall–Kier alpha value is -0.860. The standard InChI is InChI=1S/C18H27NO/c1-15-5-7-16(8-6-15)13-19-14-17-9-12-18(20-17)10-3-2-4-11-18/h5-8,17,19H,2-4,9-14H2,1H3. The van der Waals surface area contributed by atoms with Crippen molar-refractivity contribution in [3.8, 4) is 0 Å². The minimum Gasteiger partial charge on any atom is -0.370 e. The summed E-state index contributed by atoms with van der Waals surface area (Å²) in [4.78, 5) is 0. The molecule has 0 amide bonds. The zero-order chi connectivity index (χ0) is 13.8. The molecular weight excluding hydrogens is 246 g/mol. The van der Waals surface area contributed by atoms with E-state index in [0.29, 0.717) is 6.10 Å². The number of hydrogen-bond donors (Lipinski definition) is 1.